The zero-order chi connectivity index (χ0) is 19.0. The van der Waals surface area contributed by atoms with Crippen molar-refractivity contribution in [2.75, 3.05) is 13.1 Å². The quantitative estimate of drug-likeness (QED) is 0.628. The lowest BCUT2D eigenvalue weighted by atomic mass is 9.78. The van der Waals surface area contributed by atoms with E-state index in [1.807, 2.05) is 6.07 Å². The van der Waals surface area contributed by atoms with Crippen LogP contribution < -0.4 is 10.6 Å². The molecular weight excluding hydrogens is 352 g/mol. The SMILES string of the molecule is CCC(CNC(=O)CCNC(=O)c1cccs1)(C(=O)O)c1ccccc1. The summed E-state index contributed by atoms with van der Waals surface area (Å²) in [5, 5.41) is 16.9. The number of hydrogen-bond acceptors (Lipinski definition) is 4. The Hall–Kier alpha value is -2.67. The summed E-state index contributed by atoms with van der Waals surface area (Å²) in [5.74, 6) is -1.49. The fraction of sp³-hybridized carbons (Fsp3) is 0.316. The van der Waals surface area contributed by atoms with Gasteiger partial charge in [-0.1, -0.05) is 43.3 Å². The third-order valence-corrected chi connectivity index (χ3v) is 5.18. The number of benzene rings is 1. The molecule has 0 fully saturated rings. The molecule has 0 saturated carbocycles. The van der Waals surface area contributed by atoms with E-state index in [1.54, 1.807) is 48.7 Å². The molecule has 0 bridgehead atoms. The molecule has 0 aliphatic heterocycles. The molecule has 1 aromatic carbocycles. The summed E-state index contributed by atoms with van der Waals surface area (Å²) in [6, 6.07) is 12.4. The van der Waals surface area contributed by atoms with Crippen LogP contribution in [0.25, 0.3) is 0 Å². The average molecular weight is 374 g/mol. The van der Waals surface area contributed by atoms with Crippen molar-refractivity contribution in [3.05, 3.63) is 58.3 Å². The molecule has 0 spiro atoms. The minimum atomic E-state index is -1.17. The molecule has 0 radical (unpaired) electrons. The van der Waals surface area contributed by atoms with E-state index in [0.29, 0.717) is 16.9 Å². The summed E-state index contributed by atoms with van der Waals surface area (Å²) in [5.41, 5.74) is -0.516. The minimum absolute atomic E-state index is 0.000547. The van der Waals surface area contributed by atoms with Crippen molar-refractivity contribution in [2.24, 2.45) is 0 Å². The standard InChI is InChI=1S/C19H22N2O4S/c1-2-19(18(24)25,14-7-4-3-5-8-14)13-21-16(22)10-11-20-17(23)15-9-6-12-26-15/h3-9,12H,2,10-11,13H2,1H3,(H,20,23)(H,21,22)(H,24,25). The lowest BCUT2D eigenvalue weighted by molar-refractivity contribution is -0.144. The van der Waals surface area contributed by atoms with E-state index in [4.69, 9.17) is 0 Å². The van der Waals surface area contributed by atoms with Crippen LogP contribution >= 0.6 is 11.3 Å². The van der Waals surface area contributed by atoms with Crippen LogP contribution in [-0.4, -0.2) is 36.0 Å². The summed E-state index contributed by atoms with van der Waals surface area (Å²) in [6.07, 6.45) is 0.438. The maximum atomic E-state index is 12.1. The first kappa shape index (κ1) is 19.7. The highest BCUT2D eigenvalue weighted by Crippen LogP contribution is 2.27. The minimum Gasteiger partial charge on any atom is -0.481 e. The molecule has 2 aromatic rings. The Bertz CT molecular complexity index is 746. The molecule has 7 heteroatoms. The van der Waals surface area contributed by atoms with E-state index in [0.717, 1.165) is 0 Å². The fourth-order valence-corrected chi connectivity index (χ4v) is 3.30. The largest absolute Gasteiger partial charge is 0.481 e. The zero-order valence-electron chi connectivity index (χ0n) is 14.5. The van der Waals surface area contributed by atoms with Crippen LogP contribution in [-0.2, 0) is 15.0 Å². The van der Waals surface area contributed by atoms with Crippen molar-refractivity contribution in [3.8, 4) is 0 Å². The molecule has 1 atom stereocenters. The smallest absolute Gasteiger partial charge is 0.315 e. The van der Waals surface area contributed by atoms with E-state index in [2.05, 4.69) is 10.6 Å². The highest BCUT2D eigenvalue weighted by atomic mass is 32.1. The van der Waals surface area contributed by atoms with Gasteiger partial charge in [-0.25, -0.2) is 0 Å². The van der Waals surface area contributed by atoms with Crippen molar-refractivity contribution in [1.82, 2.24) is 10.6 Å². The molecule has 3 N–H and O–H groups in total. The summed E-state index contributed by atoms with van der Waals surface area (Å²) in [4.78, 5) is 36.4. The van der Waals surface area contributed by atoms with Gasteiger partial charge in [0.15, 0.2) is 0 Å². The Morgan fingerprint density at radius 3 is 2.38 bits per heavy atom. The maximum Gasteiger partial charge on any atom is 0.315 e. The third-order valence-electron chi connectivity index (χ3n) is 4.31. The number of aliphatic carboxylic acids is 1. The monoisotopic (exact) mass is 374 g/mol. The topological polar surface area (TPSA) is 95.5 Å². The lowest BCUT2D eigenvalue weighted by Crippen LogP contribution is -2.46. The Labute approximate surface area is 156 Å². The van der Waals surface area contributed by atoms with Crippen LogP contribution in [0.4, 0.5) is 0 Å². The van der Waals surface area contributed by atoms with Gasteiger partial charge in [0.25, 0.3) is 5.91 Å². The van der Waals surface area contributed by atoms with Crippen molar-refractivity contribution in [2.45, 2.75) is 25.2 Å². The van der Waals surface area contributed by atoms with Crippen LogP contribution in [0.2, 0.25) is 0 Å². The Morgan fingerprint density at radius 1 is 1.08 bits per heavy atom. The number of carbonyl (C=O) groups is 3. The number of rotatable bonds is 9. The number of carboxylic acid groups (broad SMARTS) is 1. The van der Waals surface area contributed by atoms with Gasteiger partial charge in [-0.2, -0.15) is 0 Å². The predicted molar refractivity (Wildman–Crippen MR) is 100 cm³/mol. The Balaban J connectivity index is 1.89. The van der Waals surface area contributed by atoms with Gasteiger partial charge in [0.1, 0.15) is 5.41 Å². The number of nitrogens with one attached hydrogen (secondary N) is 2. The van der Waals surface area contributed by atoms with Crippen LogP contribution in [0.15, 0.2) is 47.8 Å². The first-order chi connectivity index (χ1) is 12.5. The van der Waals surface area contributed by atoms with Gasteiger partial charge >= 0.3 is 5.97 Å². The first-order valence-electron chi connectivity index (χ1n) is 8.37. The Morgan fingerprint density at radius 2 is 1.81 bits per heavy atom. The second-order valence-corrected chi connectivity index (χ2v) is 6.81. The van der Waals surface area contributed by atoms with E-state index in [9.17, 15) is 19.5 Å². The van der Waals surface area contributed by atoms with Gasteiger partial charge in [0, 0.05) is 19.5 Å². The van der Waals surface area contributed by atoms with Gasteiger partial charge in [0.2, 0.25) is 5.91 Å². The molecule has 1 heterocycles. The molecule has 6 nitrogen and oxygen atoms in total. The average Bonchev–Trinajstić information content (AvgIpc) is 3.18. The molecule has 0 saturated heterocycles. The molecule has 2 amide bonds. The summed E-state index contributed by atoms with van der Waals surface area (Å²) in [6.45, 7) is 1.98. The molecule has 1 aromatic heterocycles. The number of hydrogen-bond donors (Lipinski definition) is 3. The maximum absolute atomic E-state index is 12.1. The van der Waals surface area contributed by atoms with Crippen molar-refractivity contribution >= 4 is 29.1 Å². The Kier molecular flexibility index (Phi) is 6.91. The van der Waals surface area contributed by atoms with Crippen molar-refractivity contribution in [3.63, 3.8) is 0 Å². The van der Waals surface area contributed by atoms with E-state index in [1.165, 1.54) is 11.3 Å². The zero-order valence-corrected chi connectivity index (χ0v) is 15.3. The summed E-state index contributed by atoms with van der Waals surface area (Å²) < 4.78 is 0. The van der Waals surface area contributed by atoms with Crippen molar-refractivity contribution < 1.29 is 19.5 Å². The van der Waals surface area contributed by atoms with Gasteiger partial charge in [-0.15, -0.1) is 11.3 Å². The van der Waals surface area contributed by atoms with E-state index in [-0.39, 0.29) is 31.3 Å². The third kappa shape index (κ3) is 4.70. The first-order valence-corrected chi connectivity index (χ1v) is 9.25. The lowest BCUT2D eigenvalue weighted by Gasteiger charge is -2.29. The van der Waals surface area contributed by atoms with E-state index < -0.39 is 11.4 Å². The van der Waals surface area contributed by atoms with Gasteiger partial charge in [0.05, 0.1) is 4.88 Å². The molecular formula is C19H22N2O4S. The molecule has 2 rings (SSSR count). The van der Waals surface area contributed by atoms with Crippen LogP contribution in [0.3, 0.4) is 0 Å². The van der Waals surface area contributed by atoms with E-state index >= 15 is 0 Å². The highest BCUT2D eigenvalue weighted by molar-refractivity contribution is 7.12. The number of thiophene rings is 1. The van der Waals surface area contributed by atoms with Gasteiger partial charge in [-0.05, 0) is 23.4 Å². The summed E-state index contributed by atoms with van der Waals surface area (Å²) >= 11 is 1.33. The number of amides is 2. The fourth-order valence-electron chi connectivity index (χ4n) is 2.66. The number of carbonyl (C=O) groups excluding carboxylic acids is 2. The second-order valence-electron chi connectivity index (χ2n) is 5.87. The molecule has 1 unspecified atom stereocenters. The number of carboxylic acids is 1. The van der Waals surface area contributed by atoms with Crippen LogP contribution in [0.1, 0.15) is 35.0 Å². The normalized spacial score (nSPS) is 12.8. The van der Waals surface area contributed by atoms with Gasteiger partial charge in [-0.3, -0.25) is 14.4 Å². The summed E-state index contributed by atoms with van der Waals surface area (Å²) in [7, 11) is 0. The van der Waals surface area contributed by atoms with Crippen molar-refractivity contribution in [1.29, 1.82) is 0 Å². The molecule has 0 aliphatic rings. The molecule has 0 aliphatic carbocycles. The molecule has 26 heavy (non-hydrogen) atoms. The van der Waals surface area contributed by atoms with Crippen LogP contribution in [0, 0.1) is 0 Å². The van der Waals surface area contributed by atoms with Crippen LogP contribution in [0.5, 0.6) is 0 Å². The molecule has 138 valence electrons. The predicted octanol–water partition coefficient (Wildman–Crippen LogP) is 2.42. The van der Waals surface area contributed by atoms with Gasteiger partial charge < -0.3 is 15.7 Å². The highest BCUT2D eigenvalue weighted by Gasteiger charge is 2.38. The second kappa shape index (κ2) is 9.15.